The van der Waals surface area contributed by atoms with Crippen molar-refractivity contribution in [2.75, 3.05) is 0 Å². The van der Waals surface area contributed by atoms with Crippen molar-refractivity contribution in [2.24, 2.45) is 0 Å². The molecule has 0 saturated carbocycles. The van der Waals surface area contributed by atoms with Crippen molar-refractivity contribution in [1.82, 2.24) is 4.72 Å². The predicted molar refractivity (Wildman–Crippen MR) is 93.0 cm³/mol. The van der Waals surface area contributed by atoms with E-state index in [1.807, 2.05) is 38.1 Å². The normalized spacial score (nSPS) is 19.7. The molecule has 3 rings (SSSR count). The Morgan fingerprint density at radius 3 is 2.48 bits per heavy atom. The molecule has 0 fully saturated rings. The van der Waals surface area contributed by atoms with Crippen molar-refractivity contribution in [3.63, 3.8) is 0 Å². The van der Waals surface area contributed by atoms with Gasteiger partial charge in [-0.3, -0.25) is 0 Å². The van der Waals surface area contributed by atoms with Gasteiger partial charge in [0.1, 0.15) is 11.4 Å². The van der Waals surface area contributed by atoms with Crippen LogP contribution in [0.1, 0.15) is 31.9 Å². The molecule has 4 nitrogen and oxygen atoms in total. The van der Waals surface area contributed by atoms with E-state index in [0.29, 0.717) is 6.42 Å². The molecule has 1 aliphatic heterocycles. The zero-order valence-electron chi connectivity index (χ0n) is 12.9. The van der Waals surface area contributed by atoms with Crippen LogP contribution in [0.25, 0.3) is 0 Å². The minimum absolute atomic E-state index is 0.252. The van der Waals surface area contributed by atoms with Crippen LogP contribution in [0, 0.1) is 0 Å². The van der Waals surface area contributed by atoms with Gasteiger partial charge in [0.25, 0.3) is 0 Å². The third-order valence-electron chi connectivity index (χ3n) is 3.80. The number of fused-ring (bicyclic) bond motifs is 1. The van der Waals surface area contributed by atoms with E-state index in [4.69, 9.17) is 4.74 Å². The molecule has 2 aromatic carbocycles. The molecule has 0 aliphatic carbocycles. The van der Waals surface area contributed by atoms with Crippen molar-refractivity contribution in [2.45, 2.75) is 36.8 Å². The second-order valence-electron chi connectivity index (χ2n) is 6.23. The predicted octanol–water partition coefficient (Wildman–Crippen LogP) is 4.03. The Labute approximate surface area is 145 Å². The topological polar surface area (TPSA) is 55.4 Å². The van der Waals surface area contributed by atoms with Gasteiger partial charge in [-0.05, 0) is 44.2 Å². The van der Waals surface area contributed by atoms with E-state index < -0.39 is 15.6 Å². The van der Waals surface area contributed by atoms with Crippen LogP contribution in [0.3, 0.4) is 0 Å². The second-order valence-corrected chi connectivity index (χ2v) is 8.86. The first kappa shape index (κ1) is 16.5. The monoisotopic (exact) mass is 395 g/mol. The zero-order valence-corrected chi connectivity index (χ0v) is 15.3. The highest BCUT2D eigenvalue weighted by Crippen LogP contribution is 2.39. The van der Waals surface area contributed by atoms with Crippen molar-refractivity contribution in [3.05, 3.63) is 58.6 Å². The van der Waals surface area contributed by atoms with E-state index in [9.17, 15) is 8.42 Å². The molecule has 1 aliphatic rings. The summed E-state index contributed by atoms with van der Waals surface area (Å²) in [5.74, 6) is 0.729. The molecule has 0 unspecified atom stereocenters. The molecule has 1 N–H and O–H groups in total. The quantitative estimate of drug-likeness (QED) is 0.853. The number of halogens is 1. The lowest BCUT2D eigenvalue weighted by Gasteiger charge is -2.37. The summed E-state index contributed by atoms with van der Waals surface area (Å²) in [5.41, 5.74) is 0.439. The summed E-state index contributed by atoms with van der Waals surface area (Å²) in [5, 5.41) is 0. The number of hydrogen-bond donors (Lipinski definition) is 1. The molecule has 122 valence electrons. The van der Waals surface area contributed by atoms with E-state index in [1.54, 1.807) is 24.3 Å². The average molecular weight is 396 g/mol. The number of ether oxygens (including phenoxy) is 1. The van der Waals surface area contributed by atoms with E-state index >= 15 is 0 Å². The van der Waals surface area contributed by atoms with Gasteiger partial charge >= 0.3 is 0 Å². The third kappa shape index (κ3) is 3.59. The van der Waals surface area contributed by atoms with E-state index in [2.05, 4.69) is 20.7 Å². The van der Waals surface area contributed by atoms with Crippen LogP contribution in [-0.2, 0) is 10.0 Å². The molecule has 1 atom stereocenters. The Kier molecular flexibility index (Phi) is 4.25. The molecule has 2 aromatic rings. The van der Waals surface area contributed by atoms with E-state index in [1.165, 1.54) is 0 Å². The standard InChI is InChI=1S/C17H18BrNO3S/c1-17(2)11-15(14-5-3-4-6-16(14)22-17)19-23(20,21)13-9-7-12(18)8-10-13/h3-10,15,19H,11H2,1-2H3/t15-/m0/s1. The van der Waals surface area contributed by atoms with Crippen LogP contribution in [-0.4, -0.2) is 14.0 Å². The summed E-state index contributed by atoms with van der Waals surface area (Å²) in [6.07, 6.45) is 0.569. The first-order chi connectivity index (χ1) is 10.8. The van der Waals surface area contributed by atoms with Gasteiger partial charge in [0.15, 0.2) is 0 Å². The Hall–Kier alpha value is -1.37. The lowest BCUT2D eigenvalue weighted by atomic mass is 9.90. The molecule has 1 heterocycles. The molecule has 6 heteroatoms. The fraction of sp³-hybridized carbons (Fsp3) is 0.294. The number of sulfonamides is 1. The maximum atomic E-state index is 12.7. The summed E-state index contributed by atoms with van der Waals surface area (Å²) in [4.78, 5) is 0.252. The molecule has 23 heavy (non-hydrogen) atoms. The van der Waals surface area contributed by atoms with Gasteiger partial charge < -0.3 is 4.74 Å². The van der Waals surface area contributed by atoms with Gasteiger partial charge in [-0.2, -0.15) is 0 Å². The SMILES string of the molecule is CC1(C)C[C@H](NS(=O)(=O)c2ccc(Br)cc2)c2ccccc2O1. The number of hydrogen-bond acceptors (Lipinski definition) is 3. The van der Waals surface area contributed by atoms with Crippen LogP contribution < -0.4 is 9.46 Å². The summed E-state index contributed by atoms with van der Waals surface area (Å²) in [6.45, 7) is 3.92. The number of para-hydroxylation sites is 1. The minimum atomic E-state index is -3.60. The summed E-state index contributed by atoms with van der Waals surface area (Å²) in [6, 6.07) is 13.8. The highest BCUT2D eigenvalue weighted by molar-refractivity contribution is 9.10. The van der Waals surface area contributed by atoms with E-state index in [-0.39, 0.29) is 10.9 Å². The van der Waals surface area contributed by atoms with Crippen molar-refractivity contribution < 1.29 is 13.2 Å². The smallest absolute Gasteiger partial charge is 0.241 e. The average Bonchev–Trinajstić information content (AvgIpc) is 2.46. The van der Waals surface area contributed by atoms with Gasteiger partial charge in [0.2, 0.25) is 10.0 Å². The fourth-order valence-electron chi connectivity index (χ4n) is 2.78. The second kappa shape index (κ2) is 5.92. The van der Waals surface area contributed by atoms with Gasteiger partial charge in [0, 0.05) is 16.5 Å². The Morgan fingerprint density at radius 2 is 1.78 bits per heavy atom. The molecule has 0 bridgehead atoms. The summed E-state index contributed by atoms with van der Waals surface area (Å²) < 4.78 is 34.9. The summed E-state index contributed by atoms with van der Waals surface area (Å²) >= 11 is 3.32. The molecule has 0 radical (unpaired) electrons. The van der Waals surface area contributed by atoms with Crippen LogP contribution in [0.5, 0.6) is 5.75 Å². The first-order valence-corrected chi connectivity index (χ1v) is 9.60. The molecule has 0 amide bonds. The minimum Gasteiger partial charge on any atom is -0.487 e. The van der Waals surface area contributed by atoms with Crippen LogP contribution in [0.2, 0.25) is 0 Å². The molecular formula is C17H18BrNO3S. The summed E-state index contributed by atoms with van der Waals surface area (Å²) in [7, 11) is -3.60. The largest absolute Gasteiger partial charge is 0.487 e. The first-order valence-electron chi connectivity index (χ1n) is 7.33. The Bertz CT molecular complexity index is 816. The Balaban J connectivity index is 1.94. The highest BCUT2D eigenvalue weighted by atomic mass is 79.9. The van der Waals surface area contributed by atoms with Crippen LogP contribution >= 0.6 is 15.9 Å². The number of benzene rings is 2. The molecule has 0 saturated heterocycles. The zero-order chi connectivity index (χ0) is 16.7. The van der Waals surface area contributed by atoms with Gasteiger partial charge in [-0.15, -0.1) is 0 Å². The maximum Gasteiger partial charge on any atom is 0.241 e. The van der Waals surface area contributed by atoms with Crippen molar-refractivity contribution >= 4 is 26.0 Å². The highest BCUT2D eigenvalue weighted by Gasteiger charge is 2.35. The van der Waals surface area contributed by atoms with Gasteiger partial charge in [-0.1, -0.05) is 34.1 Å². The number of rotatable bonds is 3. The van der Waals surface area contributed by atoms with Crippen LogP contribution in [0.15, 0.2) is 57.9 Å². The van der Waals surface area contributed by atoms with Crippen molar-refractivity contribution in [3.8, 4) is 5.75 Å². The van der Waals surface area contributed by atoms with Gasteiger partial charge in [0.05, 0.1) is 10.9 Å². The molecular weight excluding hydrogens is 378 g/mol. The lowest BCUT2D eigenvalue weighted by Crippen LogP contribution is -2.41. The van der Waals surface area contributed by atoms with Gasteiger partial charge in [-0.25, -0.2) is 13.1 Å². The van der Waals surface area contributed by atoms with Crippen LogP contribution in [0.4, 0.5) is 0 Å². The molecule has 0 spiro atoms. The third-order valence-corrected chi connectivity index (χ3v) is 5.81. The Morgan fingerprint density at radius 1 is 1.13 bits per heavy atom. The van der Waals surface area contributed by atoms with Crippen molar-refractivity contribution in [1.29, 1.82) is 0 Å². The molecule has 0 aromatic heterocycles. The number of nitrogens with one attached hydrogen (secondary N) is 1. The lowest BCUT2D eigenvalue weighted by molar-refractivity contribution is 0.0702. The fourth-order valence-corrected chi connectivity index (χ4v) is 4.26. The van der Waals surface area contributed by atoms with E-state index in [0.717, 1.165) is 15.8 Å². The maximum absolute atomic E-state index is 12.7.